The molecule has 0 aliphatic carbocycles. The van der Waals surface area contributed by atoms with Crippen molar-refractivity contribution in [2.45, 2.75) is 43.7 Å². The molecule has 3 aliphatic rings. The van der Waals surface area contributed by atoms with Gasteiger partial charge >= 0.3 is 5.97 Å². The molecule has 8 nitrogen and oxygen atoms in total. The van der Waals surface area contributed by atoms with Crippen LogP contribution in [0.1, 0.15) is 20.3 Å². The van der Waals surface area contributed by atoms with E-state index in [-0.39, 0.29) is 35.1 Å². The lowest BCUT2D eigenvalue weighted by Gasteiger charge is -2.46. The number of hydrogen-bond acceptors (Lipinski definition) is 7. The Morgan fingerprint density at radius 2 is 2.07 bits per heavy atom. The monoisotopic (exact) mass is 397 g/mol. The molecule has 2 amide bonds. The minimum atomic E-state index is -0.764. The van der Waals surface area contributed by atoms with Crippen LogP contribution in [0.4, 0.5) is 0 Å². The van der Waals surface area contributed by atoms with E-state index in [9.17, 15) is 19.5 Å². The molecule has 6 unspecified atom stereocenters. The SMILES string of the molecule is COC(=O)C1=C(SC2CNC(C(=O)N(C)C)C2)C(C)C2C(C(C)O)C(=O)N12. The molecule has 0 aromatic carbocycles. The van der Waals surface area contributed by atoms with E-state index >= 15 is 0 Å². The fraction of sp³-hybridized carbons (Fsp3) is 0.722. The summed E-state index contributed by atoms with van der Waals surface area (Å²) in [5.74, 6) is -1.29. The van der Waals surface area contributed by atoms with E-state index in [0.717, 1.165) is 4.91 Å². The molecule has 3 aliphatic heterocycles. The van der Waals surface area contributed by atoms with Crippen molar-refractivity contribution < 1.29 is 24.2 Å². The lowest BCUT2D eigenvalue weighted by Crippen LogP contribution is -2.63. The summed E-state index contributed by atoms with van der Waals surface area (Å²) in [6.45, 7) is 4.23. The molecular weight excluding hydrogens is 370 g/mol. The number of likely N-dealkylation sites (N-methyl/N-ethyl adjacent to an activating group) is 1. The van der Waals surface area contributed by atoms with Gasteiger partial charge in [0, 0.05) is 36.7 Å². The van der Waals surface area contributed by atoms with E-state index in [1.165, 1.54) is 12.0 Å². The van der Waals surface area contributed by atoms with Crippen molar-refractivity contribution in [3.05, 3.63) is 10.6 Å². The Balaban J connectivity index is 1.81. The average Bonchev–Trinajstić information content (AvgIpc) is 3.16. The normalized spacial score (nSPS) is 33.6. The van der Waals surface area contributed by atoms with E-state index in [2.05, 4.69) is 5.32 Å². The first-order valence-electron chi connectivity index (χ1n) is 9.13. The van der Waals surface area contributed by atoms with Crippen LogP contribution in [0, 0.1) is 11.8 Å². The Labute approximate surface area is 163 Å². The van der Waals surface area contributed by atoms with Crippen molar-refractivity contribution in [1.82, 2.24) is 15.1 Å². The summed E-state index contributed by atoms with van der Waals surface area (Å²) in [6.07, 6.45) is -0.107. The molecule has 3 rings (SSSR count). The van der Waals surface area contributed by atoms with Crippen molar-refractivity contribution in [3.63, 3.8) is 0 Å². The molecule has 0 spiro atoms. The lowest BCUT2D eigenvalue weighted by molar-refractivity contribution is -0.163. The Bertz CT molecular complexity index is 692. The first-order valence-corrected chi connectivity index (χ1v) is 10.0. The molecule has 6 atom stereocenters. The highest BCUT2D eigenvalue weighted by Crippen LogP contribution is 2.52. The molecule has 2 N–H and O–H groups in total. The van der Waals surface area contributed by atoms with Gasteiger partial charge in [0.2, 0.25) is 11.8 Å². The van der Waals surface area contributed by atoms with Gasteiger partial charge < -0.3 is 25.0 Å². The number of carbonyl (C=O) groups excluding carboxylic acids is 3. The number of methoxy groups -OCH3 is 1. The third kappa shape index (κ3) is 3.25. The molecule has 0 saturated carbocycles. The Morgan fingerprint density at radius 1 is 1.41 bits per heavy atom. The smallest absolute Gasteiger partial charge is 0.355 e. The molecule has 0 aromatic rings. The summed E-state index contributed by atoms with van der Waals surface area (Å²) < 4.78 is 4.92. The number of nitrogens with one attached hydrogen (secondary N) is 1. The number of aliphatic hydroxyl groups excluding tert-OH is 1. The third-order valence-corrected chi connectivity index (χ3v) is 7.12. The van der Waals surface area contributed by atoms with Crippen LogP contribution in [0.15, 0.2) is 10.6 Å². The zero-order chi connectivity index (χ0) is 20.0. The van der Waals surface area contributed by atoms with Gasteiger partial charge in [0.15, 0.2) is 0 Å². The first kappa shape index (κ1) is 20.2. The van der Waals surface area contributed by atoms with Gasteiger partial charge in [0.1, 0.15) is 5.70 Å². The number of aliphatic hydroxyl groups is 1. The van der Waals surface area contributed by atoms with Crippen LogP contribution in [0.5, 0.6) is 0 Å². The number of esters is 1. The second-order valence-electron chi connectivity index (χ2n) is 7.63. The van der Waals surface area contributed by atoms with Crippen LogP contribution in [0.2, 0.25) is 0 Å². The highest BCUT2D eigenvalue weighted by Gasteiger charge is 2.60. The maximum Gasteiger partial charge on any atom is 0.355 e. The number of hydrogen-bond donors (Lipinski definition) is 2. The van der Waals surface area contributed by atoms with Crippen LogP contribution >= 0.6 is 11.8 Å². The zero-order valence-electron chi connectivity index (χ0n) is 16.3. The zero-order valence-corrected chi connectivity index (χ0v) is 17.1. The van der Waals surface area contributed by atoms with Gasteiger partial charge in [-0.3, -0.25) is 9.59 Å². The van der Waals surface area contributed by atoms with Gasteiger partial charge in [-0.2, -0.15) is 0 Å². The fourth-order valence-corrected chi connectivity index (χ4v) is 5.71. The molecule has 0 aromatic heterocycles. The highest BCUT2D eigenvalue weighted by atomic mass is 32.2. The minimum absolute atomic E-state index is 0.0351. The molecule has 0 radical (unpaired) electrons. The Hall–Kier alpha value is -1.58. The summed E-state index contributed by atoms with van der Waals surface area (Å²) in [5.41, 5.74) is 0.296. The van der Waals surface area contributed by atoms with Gasteiger partial charge in [-0.05, 0) is 13.3 Å². The minimum Gasteiger partial charge on any atom is -0.464 e. The molecule has 3 heterocycles. The molecule has 9 heteroatoms. The third-order valence-electron chi connectivity index (χ3n) is 5.61. The number of fused-ring (bicyclic) bond motifs is 1. The van der Waals surface area contributed by atoms with Crippen LogP contribution < -0.4 is 5.32 Å². The van der Waals surface area contributed by atoms with Crippen molar-refractivity contribution in [3.8, 4) is 0 Å². The second kappa shape index (κ2) is 7.44. The van der Waals surface area contributed by atoms with E-state index in [1.807, 2.05) is 6.92 Å². The average molecular weight is 397 g/mol. The first-order chi connectivity index (χ1) is 12.7. The van der Waals surface area contributed by atoms with Gasteiger partial charge in [-0.1, -0.05) is 6.92 Å². The predicted octanol–water partition coefficient (Wildman–Crippen LogP) is -0.220. The number of thioether (sulfide) groups is 1. The van der Waals surface area contributed by atoms with Crippen LogP contribution in [-0.4, -0.2) is 83.9 Å². The van der Waals surface area contributed by atoms with E-state index in [4.69, 9.17) is 4.74 Å². The molecule has 2 saturated heterocycles. The maximum absolute atomic E-state index is 12.5. The fourth-order valence-electron chi connectivity index (χ4n) is 4.24. The van der Waals surface area contributed by atoms with Gasteiger partial charge in [-0.25, -0.2) is 4.79 Å². The molecule has 27 heavy (non-hydrogen) atoms. The maximum atomic E-state index is 12.5. The van der Waals surface area contributed by atoms with Gasteiger partial charge in [0.25, 0.3) is 0 Å². The summed E-state index contributed by atoms with van der Waals surface area (Å²) in [7, 11) is 4.76. The van der Waals surface area contributed by atoms with Gasteiger partial charge in [-0.15, -0.1) is 11.8 Å². The molecule has 0 bridgehead atoms. The number of rotatable bonds is 5. The van der Waals surface area contributed by atoms with Crippen molar-refractivity contribution in [2.75, 3.05) is 27.7 Å². The number of β-lactam (4-membered cyclic amide) rings is 1. The lowest BCUT2D eigenvalue weighted by atomic mass is 9.79. The summed E-state index contributed by atoms with van der Waals surface area (Å²) >= 11 is 1.54. The molecule has 2 fully saturated rings. The Morgan fingerprint density at radius 3 is 2.63 bits per heavy atom. The van der Waals surface area contributed by atoms with Crippen molar-refractivity contribution in [1.29, 1.82) is 0 Å². The highest BCUT2D eigenvalue weighted by molar-refractivity contribution is 8.03. The number of carbonyl (C=O) groups is 3. The van der Waals surface area contributed by atoms with E-state index in [0.29, 0.717) is 18.7 Å². The summed E-state index contributed by atoms with van der Waals surface area (Å²) in [6, 6.07) is -0.456. The standard InChI is InChI=1S/C18H27N3O5S/c1-8-13-12(9(2)22)17(24)21(13)14(18(25)26-5)15(8)27-10-6-11(19-7-10)16(23)20(3)4/h8-13,19,22H,6-7H2,1-5H3. The van der Waals surface area contributed by atoms with Crippen LogP contribution in [0.3, 0.4) is 0 Å². The number of amides is 2. The van der Waals surface area contributed by atoms with Crippen LogP contribution in [-0.2, 0) is 19.1 Å². The number of nitrogens with zero attached hydrogens (tertiary/aromatic N) is 2. The number of ether oxygens (including phenoxy) is 1. The molecular formula is C18H27N3O5S. The van der Waals surface area contributed by atoms with E-state index < -0.39 is 18.0 Å². The van der Waals surface area contributed by atoms with E-state index in [1.54, 1.807) is 37.7 Å². The summed E-state index contributed by atoms with van der Waals surface area (Å²) in [5, 5.41) is 13.3. The van der Waals surface area contributed by atoms with Crippen molar-refractivity contribution >= 4 is 29.5 Å². The second-order valence-corrected chi connectivity index (χ2v) is 8.97. The largest absolute Gasteiger partial charge is 0.464 e. The quantitative estimate of drug-likeness (QED) is 0.489. The topological polar surface area (TPSA) is 99.2 Å². The van der Waals surface area contributed by atoms with Crippen LogP contribution in [0.25, 0.3) is 0 Å². The predicted molar refractivity (Wildman–Crippen MR) is 100 cm³/mol. The van der Waals surface area contributed by atoms with Crippen molar-refractivity contribution in [2.24, 2.45) is 11.8 Å². The molecule has 150 valence electrons. The van der Waals surface area contributed by atoms with Gasteiger partial charge in [0.05, 0.1) is 31.2 Å². The summed E-state index contributed by atoms with van der Waals surface area (Å²) in [4.78, 5) is 40.9. The Kier molecular flexibility index (Phi) is 5.56.